The van der Waals surface area contributed by atoms with E-state index in [-0.39, 0.29) is 37.6 Å². The van der Waals surface area contributed by atoms with Crippen molar-refractivity contribution < 1.29 is 37.4 Å². The van der Waals surface area contributed by atoms with Crippen LogP contribution in [0.1, 0.15) is 90.0 Å². The lowest BCUT2D eigenvalue weighted by molar-refractivity contribution is 0.0792. The molecule has 0 spiro atoms. The number of fused-ring (bicyclic) bond motifs is 1. The van der Waals surface area contributed by atoms with Gasteiger partial charge >= 0.3 is 0 Å². The highest BCUT2D eigenvalue weighted by atomic mass is 32.2. The third kappa shape index (κ3) is 11.6. The normalized spacial score (nSPS) is 12.6. The van der Waals surface area contributed by atoms with Gasteiger partial charge in [0.1, 0.15) is 11.5 Å². The maximum absolute atomic E-state index is 14.2. The van der Waals surface area contributed by atoms with Crippen LogP contribution in [0.15, 0.2) is 94.9 Å². The summed E-state index contributed by atoms with van der Waals surface area (Å²) in [7, 11) is -2.90. The molecule has 13 nitrogen and oxygen atoms in total. The number of carbonyl (C=O) groups excluding carboxylic acids is 2. The van der Waals surface area contributed by atoms with Crippen LogP contribution in [0.2, 0.25) is 18.1 Å². The molecule has 0 aliphatic heterocycles. The number of aromatic hydroxyl groups is 1. The van der Waals surface area contributed by atoms with Gasteiger partial charge in [-0.15, -0.1) is 0 Å². The van der Waals surface area contributed by atoms with Crippen LogP contribution in [0.4, 0.5) is 11.4 Å². The Bertz CT molecular complexity index is 2510. The van der Waals surface area contributed by atoms with Gasteiger partial charge in [-0.05, 0) is 110 Å². The largest absolute Gasteiger partial charge is 0.508 e. The number of amides is 2. The number of aliphatic hydroxyl groups is 1. The van der Waals surface area contributed by atoms with Crippen molar-refractivity contribution in [2.24, 2.45) is 5.73 Å². The number of rotatable bonds is 20. The average molecular weight is 884 g/mol. The molecule has 5 aromatic rings. The number of phenols is 1. The Hall–Kier alpha value is -5.32. The summed E-state index contributed by atoms with van der Waals surface area (Å²) < 4.78 is 40.0. The van der Waals surface area contributed by atoms with E-state index in [1.54, 1.807) is 74.5 Å². The molecule has 0 unspecified atom stereocenters. The molecule has 1 aromatic heterocycles. The van der Waals surface area contributed by atoms with Crippen molar-refractivity contribution in [2.75, 3.05) is 39.1 Å². The first-order chi connectivity index (χ1) is 29.2. The number of nitrogens with one attached hydrogen (secondary N) is 2. The van der Waals surface area contributed by atoms with E-state index < -0.39 is 30.2 Å². The van der Waals surface area contributed by atoms with Gasteiger partial charge in [0.25, 0.3) is 11.8 Å². The Kier molecular flexibility index (Phi) is 15.6. The number of hydrogen-bond donors (Lipinski definition) is 5. The van der Waals surface area contributed by atoms with Gasteiger partial charge in [-0.3, -0.25) is 14.6 Å². The van der Waals surface area contributed by atoms with Crippen LogP contribution in [0, 0.1) is 6.92 Å². The molecule has 62 heavy (non-hydrogen) atoms. The van der Waals surface area contributed by atoms with Gasteiger partial charge in [0.15, 0.2) is 8.32 Å². The smallest absolute Gasteiger partial charge is 0.253 e. The first-order valence-corrected chi connectivity index (χ1v) is 25.2. The fourth-order valence-electron chi connectivity index (χ4n) is 6.74. The van der Waals surface area contributed by atoms with Crippen LogP contribution in [0.25, 0.3) is 10.9 Å². The molecule has 2 amide bonds. The minimum Gasteiger partial charge on any atom is -0.508 e. The second-order valence-corrected chi connectivity index (χ2v) is 24.0. The first kappa shape index (κ1) is 47.7. The Labute approximate surface area is 366 Å². The molecule has 0 saturated heterocycles. The average Bonchev–Trinajstić information content (AvgIpc) is 3.23. The Morgan fingerprint density at radius 3 is 2.39 bits per heavy atom. The van der Waals surface area contributed by atoms with Crippen LogP contribution in [-0.4, -0.2) is 82.4 Å². The lowest BCUT2D eigenvalue weighted by Gasteiger charge is -2.36. The second kappa shape index (κ2) is 20.2. The number of aromatic nitrogens is 1. The summed E-state index contributed by atoms with van der Waals surface area (Å²) in [6.45, 7) is 14.5. The molecule has 0 aliphatic carbocycles. The third-order valence-corrected chi connectivity index (χ3v) is 17.8. The summed E-state index contributed by atoms with van der Waals surface area (Å²) in [6.07, 6.45) is 4.09. The molecule has 0 aliphatic rings. The number of phenolic OH excluding ortho intramolecular Hbond substituents is 1. The van der Waals surface area contributed by atoms with Crippen molar-refractivity contribution >= 4 is 52.2 Å². The van der Waals surface area contributed by atoms with Gasteiger partial charge in [-0.1, -0.05) is 51.8 Å². The number of sulfone groups is 1. The highest BCUT2D eigenvalue weighted by Gasteiger charge is 2.37. The SMILES string of the molecule is COc1cccc(Nc2c(C(N)=O)cnc3c(C)cc(S(=O)(=O)c4cccc(C(=O)N(C)CCCCCCNC[C@H](O)c5ccc(O)c(CO[Si](C)(C)C(C)(C)C)c5)c4)cc23)c1. The molecule has 0 bridgehead atoms. The van der Waals surface area contributed by atoms with E-state index in [0.717, 1.165) is 25.7 Å². The molecule has 332 valence electrons. The fraction of sp³-hybridized carbons (Fsp3) is 0.383. The number of aryl methyl sites for hydroxylation is 1. The van der Waals surface area contributed by atoms with E-state index in [4.69, 9.17) is 14.9 Å². The molecule has 15 heteroatoms. The van der Waals surface area contributed by atoms with Crippen molar-refractivity contribution in [2.45, 2.75) is 94.0 Å². The molecule has 1 heterocycles. The summed E-state index contributed by atoms with van der Waals surface area (Å²) in [6, 6.07) is 21.2. The number of carbonyl (C=O) groups is 2. The number of aliphatic hydroxyl groups excluding tert-OH is 1. The highest BCUT2D eigenvalue weighted by molar-refractivity contribution is 7.91. The molecule has 0 saturated carbocycles. The van der Waals surface area contributed by atoms with Crippen molar-refractivity contribution in [1.82, 2.24) is 15.2 Å². The molecule has 0 fully saturated rings. The van der Waals surface area contributed by atoms with Crippen LogP contribution >= 0.6 is 0 Å². The van der Waals surface area contributed by atoms with E-state index in [2.05, 4.69) is 49.5 Å². The summed E-state index contributed by atoms with van der Waals surface area (Å²) in [5.41, 5.74) is 9.40. The zero-order valence-corrected chi connectivity index (χ0v) is 38.9. The first-order valence-electron chi connectivity index (χ1n) is 20.8. The lowest BCUT2D eigenvalue weighted by Crippen LogP contribution is -2.40. The molecular formula is C47H61N5O8SSi. The number of methoxy groups -OCH3 is 1. The van der Waals surface area contributed by atoms with E-state index in [0.29, 0.717) is 71.0 Å². The predicted molar refractivity (Wildman–Crippen MR) is 247 cm³/mol. The molecule has 5 rings (SSSR count). The van der Waals surface area contributed by atoms with Crippen LogP contribution in [-0.2, 0) is 20.9 Å². The maximum atomic E-state index is 14.2. The van der Waals surface area contributed by atoms with Crippen molar-refractivity contribution in [1.29, 1.82) is 0 Å². The number of nitrogens with zero attached hydrogens (tertiary/aromatic N) is 2. The quantitative estimate of drug-likeness (QED) is 0.0372. The fourth-order valence-corrected chi connectivity index (χ4v) is 9.10. The van der Waals surface area contributed by atoms with Gasteiger partial charge in [0.05, 0.1) is 46.4 Å². The van der Waals surface area contributed by atoms with Gasteiger partial charge in [0, 0.05) is 54.6 Å². The Morgan fingerprint density at radius 1 is 0.952 bits per heavy atom. The number of unbranched alkanes of at least 4 members (excludes halogenated alkanes) is 3. The molecule has 4 aromatic carbocycles. The van der Waals surface area contributed by atoms with Crippen LogP contribution < -0.4 is 21.1 Å². The number of ether oxygens (including phenoxy) is 1. The van der Waals surface area contributed by atoms with Crippen molar-refractivity contribution in [3.05, 3.63) is 113 Å². The second-order valence-electron chi connectivity index (χ2n) is 17.2. The van der Waals surface area contributed by atoms with E-state index >= 15 is 0 Å². The number of anilines is 2. The molecular weight excluding hydrogens is 823 g/mol. The molecule has 6 N–H and O–H groups in total. The number of benzene rings is 4. The number of pyridine rings is 1. The maximum Gasteiger partial charge on any atom is 0.253 e. The number of nitrogens with two attached hydrogens (primary N) is 1. The van der Waals surface area contributed by atoms with Gasteiger partial charge in [-0.2, -0.15) is 0 Å². The van der Waals surface area contributed by atoms with E-state index in [1.807, 2.05) is 6.07 Å². The standard InChI is InChI=1S/C47H61N5O8SSi/c1-31-23-38(27-39-43(31)50-28-40(45(48)55)44(39)51-35-16-14-17-36(26-35)59-6)61(57,58)37-18-13-15-33(25-37)46(56)52(5)22-12-10-9-11-21-49-29-42(54)32-19-20-41(53)34(24-32)30-60-62(7,8)47(2,3)4/h13-20,23-28,42,49,53-54H,9-12,21-22,29-30H2,1-8H3,(H2,48,55)(H,50,51)/t42-/m0/s1. The zero-order valence-electron chi connectivity index (χ0n) is 37.0. The molecule has 1 atom stereocenters. The zero-order chi connectivity index (χ0) is 45.4. The summed E-state index contributed by atoms with van der Waals surface area (Å²) in [5, 5.41) is 28.2. The topological polar surface area (TPSA) is 193 Å². The Morgan fingerprint density at radius 2 is 1.68 bits per heavy atom. The van der Waals surface area contributed by atoms with E-state index in [9.17, 15) is 28.2 Å². The number of hydrogen-bond acceptors (Lipinski definition) is 11. The van der Waals surface area contributed by atoms with Crippen molar-refractivity contribution in [3.8, 4) is 11.5 Å². The van der Waals surface area contributed by atoms with Gasteiger partial charge in [-0.25, -0.2) is 8.42 Å². The third-order valence-electron chi connectivity index (χ3n) is 11.6. The monoisotopic (exact) mass is 883 g/mol. The Balaban J connectivity index is 1.15. The summed E-state index contributed by atoms with van der Waals surface area (Å²) in [5.74, 6) is -0.295. The van der Waals surface area contributed by atoms with Crippen molar-refractivity contribution in [3.63, 3.8) is 0 Å². The predicted octanol–water partition coefficient (Wildman–Crippen LogP) is 8.41. The van der Waals surface area contributed by atoms with Crippen LogP contribution in [0.3, 0.4) is 0 Å². The number of primary amides is 1. The van der Waals surface area contributed by atoms with Gasteiger partial charge < -0.3 is 40.6 Å². The van der Waals surface area contributed by atoms with Crippen LogP contribution in [0.5, 0.6) is 11.5 Å². The highest BCUT2D eigenvalue weighted by Crippen LogP contribution is 2.38. The summed E-state index contributed by atoms with van der Waals surface area (Å²) in [4.78, 5) is 32.0. The minimum atomic E-state index is -4.14. The minimum absolute atomic E-state index is 0.0290. The molecule has 0 radical (unpaired) electrons. The van der Waals surface area contributed by atoms with Gasteiger partial charge in [0.2, 0.25) is 9.84 Å². The van der Waals surface area contributed by atoms with E-state index in [1.165, 1.54) is 30.5 Å². The lowest BCUT2D eigenvalue weighted by atomic mass is 10.1. The summed E-state index contributed by atoms with van der Waals surface area (Å²) >= 11 is 0.